The molecule has 1 heterocycles. The molecule has 0 unspecified atom stereocenters. The zero-order valence-electron chi connectivity index (χ0n) is 13.4. The molecule has 2 aromatic carbocycles. The summed E-state index contributed by atoms with van der Waals surface area (Å²) < 4.78 is 32.0. The first-order valence-electron chi connectivity index (χ1n) is 7.63. The van der Waals surface area contributed by atoms with Crippen LogP contribution in [-0.2, 0) is 6.42 Å². The van der Waals surface area contributed by atoms with E-state index in [1.165, 1.54) is 29.2 Å². The summed E-state index contributed by atoms with van der Waals surface area (Å²) in [7, 11) is 1.60. The number of rotatable bonds is 5. The van der Waals surface area contributed by atoms with E-state index in [1.54, 1.807) is 31.3 Å². The quantitative estimate of drug-likeness (QED) is 0.713. The number of halogens is 2. The van der Waals surface area contributed by atoms with Crippen molar-refractivity contribution in [2.45, 2.75) is 6.42 Å². The summed E-state index contributed by atoms with van der Waals surface area (Å²) in [5, 5.41) is 3.80. The lowest BCUT2D eigenvalue weighted by atomic mass is 10.2. The lowest BCUT2D eigenvalue weighted by molar-refractivity contribution is 0.0795. The van der Waals surface area contributed by atoms with Crippen LogP contribution < -0.4 is 0 Å². The predicted octanol–water partition coefficient (Wildman–Crippen LogP) is 3.33. The van der Waals surface area contributed by atoms with Crippen LogP contribution >= 0.6 is 0 Å². The van der Waals surface area contributed by atoms with Crippen LogP contribution in [0, 0.1) is 11.6 Å². The van der Waals surface area contributed by atoms with E-state index in [9.17, 15) is 13.6 Å². The molecule has 7 heteroatoms. The summed E-state index contributed by atoms with van der Waals surface area (Å²) in [5.74, 6) is -0.773. The summed E-state index contributed by atoms with van der Waals surface area (Å²) in [6.07, 6.45) is 0.329. The van der Waals surface area contributed by atoms with Crippen molar-refractivity contribution >= 4 is 5.91 Å². The molecule has 25 heavy (non-hydrogen) atoms. The monoisotopic (exact) mass is 343 g/mol. The molecule has 0 aliphatic heterocycles. The van der Waals surface area contributed by atoms with E-state index in [4.69, 9.17) is 4.52 Å². The second-order valence-electron chi connectivity index (χ2n) is 5.48. The average Bonchev–Trinajstić information content (AvgIpc) is 3.08. The van der Waals surface area contributed by atoms with E-state index in [-0.39, 0.29) is 22.9 Å². The van der Waals surface area contributed by atoms with Gasteiger partial charge in [-0.1, -0.05) is 23.4 Å². The van der Waals surface area contributed by atoms with Gasteiger partial charge in [-0.3, -0.25) is 4.79 Å². The van der Waals surface area contributed by atoms with E-state index in [0.29, 0.717) is 18.8 Å². The molecule has 0 spiro atoms. The van der Waals surface area contributed by atoms with Crippen LogP contribution in [0.15, 0.2) is 53.1 Å². The smallest absolute Gasteiger partial charge is 0.260 e. The van der Waals surface area contributed by atoms with E-state index >= 15 is 0 Å². The van der Waals surface area contributed by atoms with Gasteiger partial charge in [-0.25, -0.2) is 8.78 Å². The van der Waals surface area contributed by atoms with Crippen molar-refractivity contribution in [2.24, 2.45) is 0 Å². The van der Waals surface area contributed by atoms with Gasteiger partial charge in [0, 0.05) is 25.6 Å². The third-order valence-electron chi connectivity index (χ3n) is 3.66. The maximum Gasteiger partial charge on any atom is 0.260 e. The summed E-state index contributed by atoms with van der Waals surface area (Å²) in [4.78, 5) is 17.8. The van der Waals surface area contributed by atoms with Gasteiger partial charge in [0.1, 0.15) is 11.6 Å². The van der Waals surface area contributed by atoms with Crippen LogP contribution in [0.2, 0.25) is 0 Å². The molecule has 0 aliphatic rings. The van der Waals surface area contributed by atoms with Gasteiger partial charge < -0.3 is 9.42 Å². The van der Waals surface area contributed by atoms with Gasteiger partial charge in [-0.05, 0) is 30.3 Å². The minimum atomic E-state index is -0.466. The van der Waals surface area contributed by atoms with Crippen molar-refractivity contribution in [3.05, 3.63) is 71.6 Å². The number of hydrogen-bond donors (Lipinski definition) is 0. The van der Waals surface area contributed by atoms with E-state index in [1.807, 2.05) is 0 Å². The molecule has 0 saturated heterocycles. The number of nitrogens with zero attached hydrogens (tertiary/aromatic N) is 3. The molecule has 5 nitrogen and oxygen atoms in total. The van der Waals surface area contributed by atoms with Gasteiger partial charge in [0.15, 0.2) is 5.82 Å². The maximum absolute atomic E-state index is 13.7. The molecule has 0 atom stereocenters. The normalized spacial score (nSPS) is 10.7. The highest BCUT2D eigenvalue weighted by Crippen LogP contribution is 2.20. The Bertz CT molecular complexity index is 895. The first-order chi connectivity index (χ1) is 12.0. The molecular formula is C18H15F2N3O2. The summed E-state index contributed by atoms with van der Waals surface area (Å²) >= 11 is 0. The number of carbonyl (C=O) groups is 1. The Morgan fingerprint density at radius 1 is 1.16 bits per heavy atom. The number of likely N-dealkylation sites (N-methyl/N-ethyl adjacent to an activating group) is 1. The number of amides is 1. The molecule has 1 aromatic heterocycles. The lowest BCUT2D eigenvalue weighted by Crippen LogP contribution is -2.29. The van der Waals surface area contributed by atoms with Gasteiger partial charge >= 0.3 is 0 Å². The molecular weight excluding hydrogens is 328 g/mol. The first-order valence-corrected chi connectivity index (χ1v) is 7.63. The van der Waals surface area contributed by atoms with Crippen LogP contribution in [0.5, 0.6) is 0 Å². The third kappa shape index (κ3) is 3.88. The topological polar surface area (TPSA) is 59.2 Å². The maximum atomic E-state index is 13.7. The molecule has 3 aromatic rings. The van der Waals surface area contributed by atoms with Crippen LogP contribution in [-0.4, -0.2) is 34.5 Å². The van der Waals surface area contributed by atoms with E-state index in [0.717, 1.165) is 0 Å². The van der Waals surface area contributed by atoms with Crippen LogP contribution in [0.3, 0.4) is 0 Å². The molecule has 0 aliphatic carbocycles. The fourth-order valence-corrected chi connectivity index (χ4v) is 2.31. The lowest BCUT2D eigenvalue weighted by Gasteiger charge is -2.16. The molecule has 0 fully saturated rings. The van der Waals surface area contributed by atoms with Gasteiger partial charge in [-0.15, -0.1) is 0 Å². The van der Waals surface area contributed by atoms with Gasteiger partial charge in [0.05, 0.1) is 5.56 Å². The van der Waals surface area contributed by atoms with Crippen molar-refractivity contribution in [3.63, 3.8) is 0 Å². The van der Waals surface area contributed by atoms with Gasteiger partial charge in [0.25, 0.3) is 11.8 Å². The number of benzene rings is 2. The highest BCUT2D eigenvalue weighted by atomic mass is 19.1. The average molecular weight is 343 g/mol. The molecule has 128 valence electrons. The minimum absolute atomic E-state index is 0.0900. The Labute approximate surface area is 142 Å². The van der Waals surface area contributed by atoms with Crippen molar-refractivity contribution in [3.8, 4) is 11.5 Å². The zero-order chi connectivity index (χ0) is 17.8. The Kier molecular flexibility index (Phi) is 4.83. The summed E-state index contributed by atoms with van der Waals surface area (Å²) in [5.41, 5.74) is 0.494. The number of aromatic nitrogens is 2. The van der Waals surface area contributed by atoms with Gasteiger partial charge in [0.2, 0.25) is 0 Å². The van der Waals surface area contributed by atoms with Crippen molar-refractivity contribution in [1.82, 2.24) is 15.0 Å². The standard InChI is InChI=1S/C18H15F2N3O2/c1-23(18(24)12-5-4-6-13(19)11-12)10-9-16-21-17(25-22-16)14-7-2-3-8-15(14)20/h2-8,11H,9-10H2,1H3. The third-order valence-corrected chi connectivity index (χ3v) is 3.66. The minimum Gasteiger partial charge on any atom is -0.341 e. The molecule has 1 amide bonds. The second kappa shape index (κ2) is 7.21. The highest BCUT2D eigenvalue weighted by molar-refractivity contribution is 5.94. The molecule has 0 N–H and O–H groups in total. The predicted molar refractivity (Wildman–Crippen MR) is 86.8 cm³/mol. The first kappa shape index (κ1) is 16.8. The molecule has 0 saturated carbocycles. The van der Waals surface area contributed by atoms with Crippen LogP contribution in [0.1, 0.15) is 16.2 Å². The fourth-order valence-electron chi connectivity index (χ4n) is 2.31. The Hall–Kier alpha value is -3.09. The summed E-state index contributed by atoms with van der Waals surface area (Å²) in [6, 6.07) is 11.6. The second-order valence-corrected chi connectivity index (χ2v) is 5.48. The van der Waals surface area contributed by atoms with Crippen molar-refractivity contribution in [1.29, 1.82) is 0 Å². The van der Waals surface area contributed by atoms with Crippen molar-refractivity contribution < 1.29 is 18.1 Å². The Morgan fingerprint density at radius 3 is 2.72 bits per heavy atom. The Balaban J connectivity index is 1.64. The van der Waals surface area contributed by atoms with Crippen molar-refractivity contribution in [2.75, 3.05) is 13.6 Å². The zero-order valence-corrected chi connectivity index (χ0v) is 13.4. The fraction of sp³-hybridized carbons (Fsp3) is 0.167. The molecule has 3 rings (SSSR count). The molecule has 0 bridgehead atoms. The highest BCUT2D eigenvalue weighted by Gasteiger charge is 2.15. The number of hydrogen-bond acceptors (Lipinski definition) is 4. The molecule has 0 radical (unpaired) electrons. The largest absolute Gasteiger partial charge is 0.341 e. The Morgan fingerprint density at radius 2 is 1.96 bits per heavy atom. The van der Waals surface area contributed by atoms with Crippen LogP contribution in [0.25, 0.3) is 11.5 Å². The number of carbonyl (C=O) groups excluding carboxylic acids is 1. The SMILES string of the molecule is CN(CCc1noc(-c2ccccc2F)n1)C(=O)c1cccc(F)c1. The summed E-state index contributed by atoms with van der Waals surface area (Å²) in [6.45, 7) is 0.311. The van der Waals surface area contributed by atoms with E-state index in [2.05, 4.69) is 10.1 Å². The van der Waals surface area contributed by atoms with E-state index < -0.39 is 11.6 Å². The van der Waals surface area contributed by atoms with Gasteiger partial charge in [-0.2, -0.15) is 4.98 Å². The van der Waals surface area contributed by atoms with Crippen LogP contribution in [0.4, 0.5) is 8.78 Å².